The van der Waals surface area contributed by atoms with Crippen LogP contribution in [0.5, 0.6) is 0 Å². The molecule has 6 nitrogen and oxygen atoms in total. The Morgan fingerprint density at radius 2 is 1.76 bits per heavy atom. The van der Waals surface area contributed by atoms with Gasteiger partial charge in [-0.25, -0.2) is 0 Å². The van der Waals surface area contributed by atoms with Gasteiger partial charge in [0.05, 0.1) is 17.8 Å². The maximum Gasteiger partial charge on any atom is 0.303 e. The van der Waals surface area contributed by atoms with Gasteiger partial charge in [-0.05, 0) is 119 Å². The van der Waals surface area contributed by atoms with Gasteiger partial charge in [-0.3, -0.25) is 9.59 Å². The van der Waals surface area contributed by atoms with Gasteiger partial charge in [-0.1, -0.05) is 39.3 Å². The molecular weight excluding hydrogens is 516 g/mol. The minimum Gasteiger partial charge on any atom is -0.458 e. The second-order valence-electron chi connectivity index (χ2n) is 15.7. The molecule has 6 heteroatoms. The molecule has 4 rings (SSSR count). The summed E-state index contributed by atoms with van der Waals surface area (Å²) < 4.78 is 18.2. The van der Waals surface area contributed by atoms with Crippen LogP contribution in [-0.2, 0) is 23.8 Å². The molecule has 0 aromatic rings. The lowest BCUT2D eigenvalue weighted by molar-refractivity contribution is -0.242. The maximum atomic E-state index is 12.3. The Labute approximate surface area is 248 Å². The number of rotatable bonds is 7. The Bertz CT molecular complexity index is 1070. The summed E-state index contributed by atoms with van der Waals surface area (Å²) in [5.74, 6) is 1.30. The molecule has 10 atom stereocenters. The van der Waals surface area contributed by atoms with Crippen LogP contribution < -0.4 is 0 Å². The number of carbonyl (C=O) groups excluding carboxylic acids is 2. The Morgan fingerprint density at radius 3 is 2.34 bits per heavy atom. The van der Waals surface area contributed by atoms with E-state index in [0.29, 0.717) is 43.3 Å². The number of hydrogen-bond donors (Lipinski definition) is 1. The van der Waals surface area contributed by atoms with E-state index in [1.54, 1.807) is 0 Å². The molecule has 10 unspecified atom stereocenters. The van der Waals surface area contributed by atoms with E-state index < -0.39 is 12.2 Å². The van der Waals surface area contributed by atoms with Crippen LogP contribution in [0.25, 0.3) is 0 Å². The molecule has 0 heterocycles. The Balaban J connectivity index is 1.75. The van der Waals surface area contributed by atoms with Crippen LogP contribution >= 0.6 is 0 Å². The fourth-order valence-electron chi connectivity index (χ4n) is 10.3. The van der Waals surface area contributed by atoms with Gasteiger partial charge in [-0.15, -0.1) is 0 Å². The van der Waals surface area contributed by atoms with Crippen molar-refractivity contribution in [2.45, 2.75) is 145 Å². The number of aliphatic hydroxyl groups is 1. The fourth-order valence-corrected chi connectivity index (χ4v) is 10.3. The fraction of sp³-hybridized carbons (Fsp3) is 0.829. The van der Waals surface area contributed by atoms with Crippen molar-refractivity contribution in [1.29, 1.82) is 0 Å². The second kappa shape index (κ2) is 11.4. The number of carbonyl (C=O) groups is 2. The normalized spacial score (nSPS) is 43.2. The van der Waals surface area contributed by atoms with Crippen molar-refractivity contribution in [3.8, 4) is 0 Å². The summed E-state index contributed by atoms with van der Waals surface area (Å²) in [4.78, 5) is 24.0. The van der Waals surface area contributed by atoms with Crippen LogP contribution in [0.2, 0.25) is 0 Å². The minimum atomic E-state index is -0.487. The summed E-state index contributed by atoms with van der Waals surface area (Å²) in [6.07, 6.45) is 8.17. The lowest BCUT2D eigenvalue weighted by atomic mass is 9.36. The molecule has 0 spiro atoms. The summed E-state index contributed by atoms with van der Waals surface area (Å²) in [5.41, 5.74) is 1.57. The zero-order valence-electron chi connectivity index (χ0n) is 27.3. The molecule has 0 amide bonds. The Kier molecular flexibility index (Phi) is 9.01. The van der Waals surface area contributed by atoms with Gasteiger partial charge in [0.1, 0.15) is 11.9 Å². The van der Waals surface area contributed by atoms with Gasteiger partial charge >= 0.3 is 5.97 Å². The van der Waals surface area contributed by atoms with Gasteiger partial charge in [0, 0.05) is 18.9 Å². The minimum absolute atomic E-state index is 0.00741. The van der Waals surface area contributed by atoms with Crippen LogP contribution in [-0.4, -0.2) is 41.5 Å². The zero-order valence-corrected chi connectivity index (χ0v) is 27.3. The van der Waals surface area contributed by atoms with Crippen molar-refractivity contribution in [2.24, 2.45) is 39.9 Å². The number of ether oxygens (including phenoxy) is 3. The van der Waals surface area contributed by atoms with E-state index in [4.69, 9.17) is 14.2 Å². The molecule has 41 heavy (non-hydrogen) atoms. The van der Waals surface area contributed by atoms with Gasteiger partial charge in [0.15, 0.2) is 0 Å². The summed E-state index contributed by atoms with van der Waals surface area (Å²) in [6.45, 7) is 22.1. The first-order chi connectivity index (χ1) is 19.0. The molecule has 0 aromatic carbocycles. The maximum absolute atomic E-state index is 12.3. The number of fused-ring (bicyclic) bond motifs is 5. The molecule has 0 radical (unpaired) electrons. The largest absolute Gasteiger partial charge is 0.458 e. The van der Waals surface area contributed by atoms with E-state index in [-0.39, 0.29) is 45.8 Å². The molecule has 1 N–H and O–H groups in total. The third kappa shape index (κ3) is 5.69. The van der Waals surface area contributed by atoms with Gasteiger partial charge < -0.3 is 19.3 Å². The first-order valence-electron chi connectivity index (χ1n) is 16.0. The third-order valence-corrected chi connectivity index (χ3v) is 11.9. The molecule has 0 bridgehead atoms. The number of esters is 1. The van der Waals surface area contributed by atoms with Gasteiger partial charge in [0.2, 0.25) is 0 Å². The smallest absolute Gasteiger partial charge is 0.303 e. The molecular formula is C35H56O6. The third-order valence-electron chi connectivity index (χ3n) is 11.9. The lowest BCUT2D eigenvalue weighted by Gasteiger charge is -2.69. The van der Waals surface area contributed by atoms with Crippen molar-refractivity contribution in [3.05, 3.63) is 23.0 Å². The Morgan fingerprint density at radius 1 is 1.07 bits per heavy atom. The highest BCUT2D eigenvalue weighted by molar-refractivity contribution is 5.66. The van der Waals surface area contributed by atoms with E-state index >= 15 is 0 Å². The molecule has 0 aliphatic heterocycles. The molecule has 4 saturated carbocycles. The molecule has 0 aromatic heterocycles. The average Bonchev–Trinajstić information content (AvgIpc) is 3.11. The monoisotopic (exact) mass is 572 g/mol. The molecule has 4 fully saturated rings. The summed E-state index contributed by atoms with van der Waals surface area (Å²) in [5, 5.41) is 12.1. The topological polar surface area (TPSA) is 82.1 Å². The van der Waals surface area contributed by atoms with Crippen LogP contribution in [0.1, 0.15) is 121 Å². The van der Waals surface area contributed by atoms with Crippen molar-refractivity contribution < 1.29 is 28.9 Å². The van der Waals surface area contributed by atoms with Crippen LogP contribution in [0.15, 0.2) is 23.0 Å². The summed E-state index contributed by atoms with van der Waals surface area (Å²) in [6, 6.07) is 0. The van der Waals surface area contributed by atoms with Crippen molar-refractivity contribution in [2.75, 3.05) is 0 Å². The first kappa shape index (κ1) is 32.3. The van der Waals surface area contributed by atoms with Crippen molar-refractivity contribution >= 4 is 12.4 Å². The second-order valence-corrected chi connectivity index (χ2v) is 15.7. The van der Waals surface area contributed by atoms with E-state index in [0.717, 1.165) is 37.7 Å². The van der Waals surface area contributed by atoms with Gasteiger partial charge in [-0.2, -0.15) is 0 Å². The van der Waals surface area contributed by atoms with E-state index in [1.165, 1.54) is 12.5 Å². The first-order valence-corrected chi connectivity index (χ1v) is 16.0. The summed E-state index contributed by atoms with van der Waals surface area (Å²) >= 11 is 0. The van der Waals surface area contributed by atoms with Crippen molar-refractivity contribution in [3.63, 3.8) is 0 Å². The van der Waals surface area contributed by atoms with Gasteiger partial charge in [0.25, 0.3) is 6.47 Å². The number of hydrogen-bond acceptors (Lipinski definition) is 6. The van der Waals surface area contributed by atoms with Crippen LogP contribution in [0, 0.1) is 39.9 Å². The summed E-state index contributed by atoms with van der Waals surface area (Å²) in [7, 11) is 0. The highest BCUT2D eigenvalue weighted by Crippen LogP contribution is 2.74. The Hall–Kier alpha value is -1.66. The predicted octanol–water partition coefficient (Wildman–Crippen LogP) is 7.53. The highest BCUT2D eigenvalue weighted by Gasteiger charge is 2.71. The molecule has 4 aliphatic carbocycles. The standard InChI is InChI=1S/C35H56O6/c1-21(2)12-11-13-28(39-20-36)30-25-18-26(38)31-33(8)16-15-27(41-32(5,6)7)22(3)24(33)14-17-34(31,9)35(25,10)19-29(30)40-23(4)37/h12,20,22,24-27,29,31,38H,11,13-19H2,1-10H3/b30-28-. The van der Waals surface area contributed by atoms with E-state index in [9.17, 15) is 14.7 Å². The van der Waals surface area contributed by atoms with E-state index in [1.807, 2.05) is 0 Å². The lowest BCUT2D eigenvalue weighted by Crippen LogP contribution is -2.65. The van der Waals surface area contributed by atoms with E-state index in [2.05, 4.69) is 68.4 Å². The highest BCUT2D eigenvalue weighted by atomic mass is 16.5. The SMILES string of the molecule is CC(=O)OC1CC2(C)C(CC(O)C3C4(C)CCC(OC(C)(C)C)C(C)C4CCC32C)/C1=C(\CCC=C(C)C)OC=O. The predicted molar refractivity (Wildman–Crippen MR) is 161 cm³/mol. The number of allylic oxidation sites excluding steroid dienone is 3. The number of aliphatic hydroxyl groups excluding tert-OH is 1. The van der Waals surface area contributed by atoms with Crippen LogP contribution in [0.4, 0.5) is 0 Å². The zero-order chi connectivity index (χ0) is 30.5. The van der Waals surface area contributed by atoms with Crippen LogP contribution in [0.3, 0.4) is 0 Å². The molecule has 0 saturated heterocycles. The molecule has 4 aliphatic rings. The molecule has 232 valence electrons. The quantitative estimate of drug-likeness (QED) is 0.147. The van der Waals surface area contributed by atoms with Crippen molar-refractivity contribution in [1.82, 2.24) is 0 Å². The average molecular weight is 573 g/mol.